The minimum Gasteiger partial charge on any atom is -0.356 e. The monoisotopic (exact) mass is 347 g/mol. The molecule has 0 aromatic carbocycles. The summed E-state index contributed by atoms with van der Waals surface area (Å²) in [6.45, 7) is 3.03. The molecule has 92 valence electrons. The highest BCUT2D eigenvalue weighted by Gasteiger charge is 2.26. The molecular formula is C11H14IN3O2. The van der Waals surface area contributed by atoms with Gasteiger partial charge in [0.2, 0.25) is 5.91 Å². The quantitative estimate of drug-likeness (QED) is 0.799. The smallest absolute Gasteiger partial charge is 0.268 e. The number of hydrogen-bond donors (Lipinski definition) is 2. The summed E-state index contributed by atoms with van der Waals surface area (Å²) in [6.07, 6.45) is 2.31. The van der Waals surface area contributed by atoms with E-state index < -0.39 is 0 Å². The van der Waals surface area contributed by atoms with Gasteiger partial charge >= 0.3 is 0 Å². The van der Waals surface area contributed by atoms with Crippen molar-refractivity contribution in [3.63, 3.8) is 0 Å². The Morgan fingerprint density at radius 1 is 1.71 bits per heavy atom. The molecule has 5 nitrogen and oxygen atoms in total. The summed E-state index contributed by atoms with van der Waals surface area (Å²) < 4.78 is 2.91. The Hall–Kier alpha value is -1.05. The molecule has 0 bridgehead atoms. The first-order chi connectivity index (χ1) is 8.11. The van der Waals surface area contributed by atoms with Gasteiger partial charge < -0.3 is 15.2 Å². The molecule has 1 aliphatic heterocycles. The van der Waals surface area contributed by atoms with E-state index in [-0.39, 0.29) is 17.9 Å². The molecule has 0 aliphatic carbocycles. The zero-order chi connectivity index (χ0) is 12.4. The third-order valence-corrected chi connectivity index (χ3v) is 3.32. The van der Waals surface area contributed by atoms with Crippen LogP contribution in [0.3, 0.4) is 0 Å². The molecule has 0 spiro atoms. The van der Waals surface area contributed by atoms with E-state index in [1.807, 2.05) is 23.8 Å². The number of carbonyl (C=O) groups is 2. The van der Waals surface area contributed by atoms with Crippen LogP contribution in [0.15, 0.2) is 12.3 Å². The predicted molar refractivity (Wildman–Crippen MR) is 71.8 cm³/mol. The molecule has 0 saturated heterocycles. The number of fused-ring (bicyclic) bond motifs is 1. The second-order valence-electron chi connectivity index (χ2n) is 3.97. The molecule has 2 heterocycles. The van der Waals surface area contributed by atoms with E-state index in [4.69, 9.17) is 0 Å². The molecule has 2 N–H and O–H groups in total. The highest BCUT2D eigenvalue weighted by atomic mass is 127. The van der Waals surface area contributed by atoms with Crippen molar-refractivity contribution in [3.05, 3.63) is 21.5 Å². The van der Waals surface area contributed by atoms with Gasteiger partial charge in [0.25, 0.3) is 5.91 Å². The Kier molecular flexibility index (Phi) is 3.70. The molecule has 6 heteroatoms. The molecule has 1 unspecified atom stereocenters. The van der Waals surface area contributed by atoms with Gasteiger partial charge in [-0.25, -0.2) is 0 Å². The summed E-state index contributed by atoms with van der Waals surface area (Å²) in [4.78, 5) is 23.2. The number of hydrogen-bond acceptors (Lipinski definition) is 2. The van der Waals surface area contributed by atoms with Crippen molar-refractivity contribution in [1.29, 1.82) is 0 Å². The van der Waals surface area contributed by atoms with Crippen molar-refractivity contribution >= 4 is 34.4 Å². The number of halogens is 1. The molecule has 1 aromatic heterocycles. The Morgan fingerprint density at radius 3 is 3.18 bits per heavy atom. The lowest BCUT2D eigenvalue weighted by Gasteiger charge is -2.25. The minimum atomic E-state index is -0.0694. The van der Waals surface area contributed by atoms with Crippen LogP contribution in [0, 0.1) is 3.57 Å². The zero-order valence-corrected chi connectivity index (χ0v) is 11.7. The van der Waals surface area contributed by atoms with Gasteiger partial charge in [0.1, 0.15) is 5.69 Å². The summed E-state index contributed by atoms with van der Waals surface area (Å²) in [5.41, 5.74) is 0.634. The number of carbonyl (C=O) groups excluding carboxylic acids is 2. The molecule has 1 atom stereocenters. The molecule has 0 fully saturated rings. The van der Waals surface area contributed by atoms with Gasteiger partial charge in [0.15, 0.2) is 0 Å². The largest absolute Gasteiger partial charge is 0.356 e. The Labute approximate surface area is 113 Å². The summed E-state index contributed by atoms with van der Waals surface area (Å²) >= 11 is 2.17. The van der Waals surface area contributed by atoms with Crippen LogP contribution in [0.2, 0.25) is 0 Å². The summed E-state index contributed by atoms with van der Waals surface area (Å²) in [7, 11) is 0. The number of amides is 2. The Bertz CT molecular complexity index is 456. The topological polar surface area (TPSA) is 63.1 Å². The van der Waals surface area contributed by atoms with E-state index in [2.05, 4.69) is 33.2 Å². The number of rotatable bonds is 3. The van der Waals surface area contributed by atoms with Crippen LogP contribution in [-0.4, -0.2) is 29.5 Å². The van der Waals surface area contributed by atoms with Crippen molar-refractivity contribution in [2.24, 2.45) is 0 Å². The first kappa shape index (κ1) is 12.4. The second-order valence-corrected chi connectivity index (χ2v) is 5.22. The van der Waals surface area contributed by atoms with Crippen molar-refractivity contribution in [3.8, 4) is 0 Å². The lowest BCUT2D eigenvalue weighted by atomic mass is 10.1. The number of aromatic nitrogens is 1. The van der Waals surface area contributed by atoms with E-state index in [0.29, 0.717) is 25.2 Å². The fourth-order valence-electron chi connectivity index (χ4n) is 1.98. The molecular weight excluding hydrogens is 333 g/mol. The van der Waals surface area contributed by atoms with Gasteiger partial charge in [-0.2, -0.15) is 0 Å². The van der Waals surface area contributed by atoms with Gasteiger partial charge in [-0.15, -0.1) is 0 Å². The van der Waals surface area contributed by atoms with Gasteiger partial charge in [0, 0.05) is 29.3 Å². The maximum atomic E-state index is 11.6. The molecule has 1 aliphatic rings. The number of nitrogens with zero attached hydrogens (tertiary/aromatic N) is 1. The van der Waals surface area contributed by atoms with Crippen LogP contribution in [-0.2, 0) is 4.79 Å². The first-order valence-electron chi connectivity index (χ1n) is 5.54. The molecule has 2 amide bonds. The standard InChI is InChI=1S/C11H14IN3O2/c1-2-13-10(16)4-8-5-14-11(17)9-3-7(12)6-15(8)9/h3,6,8H,2,4-5H2,1H3,(H,13,16)(H,14,17). The van der Waals surface area contributed by atoms with Crippen molar-refractivity contribution < 1.29 is 9.59 Å². The summed E-state index contributed by atoms with van der Waals surface area (Å²) in [5, 5.41) is 5.58. The summed E-state index contributed by atoms with van der Waals surface area (Å²) in [6, 6.07) is 1.84. The molecule has 0 radical (unpaired) electrons. The van der Waals surface area contributed by atoms with Gasteiger partial charge in [-0.05, 0) is 35.6 Å². The van der Waals surface area contributed by atoms with Crippen molar-refractivity contribution in [2.45, 2.75) is 19.4 Å². The predicted octanol–water partition coefficient (Wildman–Crippen LogP) is 0.903. The maximum Gasteiger partial charge on any atom is 0.268 e. The van der Waals surface area contributed by atoms with Crippen LogP contribution >= 0.6 is 22.6 Å². The molecule has 1 aromatic rings. The fourth-order valence-corrected chi connectivity index (χ4v) is 2.58. The van der Waals surface area contributed by atoms with Crippen LogP contribution in [0.25, 0.3) is 0 Å². The second kappa shape index (κ2) is 5.07. The van der Waals surface area contributed by atoms with Crippen LogP contribution in [0.1, 0.15) is 29.9 Å². The lowest BCUT2D eigenvalue weighted by molar-refractivity contribution is -0.121. The van der Waals surface area contributed by atoms with Crippen LogP contribution in [0.4, 0.5) is 0 Å². The van der Waals surface area contributed by atoms with E-state index in [1.54, 1.807) is 0 Å². The third-order valence-electron chi connectivity index (χ3n) is 2.73. The van der Waals surface area contributed by atoms with Crippen molar-refractivity contribution in [1.82, 2.24) is 15.2 Å². The van der Waals surface area contributed by atoms with Crippen molar-refractivity contribution in [2.75, 3.05) is 13.1 Å². The van der Waals surface area contributed by atoms with Gasteiger partial charge in [-0.3, -0.25) is 9.59 Å². The van der Waals surface area contributed by atoms with Crippen LogP contribution < -0.4 is 10.6 Å². The van der Waals surface area contributed by atoms with E-state index in [1.165, 1.54) is 0 Å². The fraction of sp³-hybridized carbons (Fsp3) is 0.455. The normalized spacial score (nSPS) is 18.5. The highest BCUT2D eigenvalue weighted by molar-refractivity contribution is 14.1. The van der Waals surface area contributed by atoms with Gasteiger partial charge in [-0.1, -0.05) is 0 Å². The third kappa shape index (κ3) is 2.62. The maximum absolute atomic E-state index is 11.6. The van der Waals surface area contributed by atoms with Gasteiger partial charge in [0.05, 0.1) is 6.04 Å². The molecule has 0 saturated carbocycles. The minimum absolute atomic E-state index is 0.0118. The molecule has 17 heavy (non-hydrogen) atoms. The van der Waals surface area contributed by atoms with Crippen LogP contribution in [0.5, 0.6) is 0 Å². The Morgan fingerprint density at radius 2 is 2.47 bits per heavy atom. The van der Waals surface area contributed by atoms with E-state index >= 15 is 0 Å². The van der Waals surface area contributed by atoms with E-state index in [0.717, 1.165) is 3.57 Å². The first-order valence-corrected chi connectivity index (χ1v) is 6.62. The average Bonchev–Trinajstić information content (AvgIpc) is 2.66. The Balaban J connectivity index is 2.18. The lowest BCUT2D eigenvalue weighted by Crippen LogP contribution is -2.40. The number of nitrogens with one attached hydrogen (secondary N) is 2. The summed E-state index contributed by atoms with van der Waals surface area (Å²) in [5.74, 6) is -0.0524. The van der Waals surface area contributed by atoms with E-state index in [9.17, 15) is 9.59 Å². The SMILES string of the molecule is CCNC(=O)CC1CNC(=O)c2cc(I)cn21. The molecule has 2 rings (SSSR count). The highest BCUT2D eigenvalue weighted by Crippen LogP contribution is 2.22. The average molecular weight is 347 g/mol. The zero-order valence-electron chi connectivity index (χ0n) is 9.50.